The number of likely N-dealkylation sites (tertiary alicyclic amines) is 1. The third-order valence-electron chi connectivity index (χ3n) is 6.88. The maximum atomic E-state index is 5.69. The molecule has 0 aliphatic carbocycles. The molecule has 0 radical (unpaired) electrons. The van der Waals surface area contributed by atoms with Gasteiger partial charge in [0.25, 0.3) is 0 Å². The van der Waals surface area contributed by atoms with E-state index < -0.39 is 0 Å². The quantitative estimate of drug-likeness (QED) is 0.529. The second-order valence-corrected chi connectivity index (χ2v) is 8.73. The zero-order chi connectivity index (χ0) is 21.4. The van der Waals surface area contributed by atoms with E-state index >= 15 is 0 Å². The smallest absolute Gasteiger partial charge is 0.191 e. The normalized spacial score (nSPS) is 20.4. The summed E-state index contributed by atoms with van der Waals surface area (Å²) >= 11 is 0. The molecule has 166 valence electrons. The number of rotatable bonds is 7. The Kier molecular flexibility index (Phi) is 7.60. The van der Waals surface area contributed by atoms with Gasteiger partial charge in [-0.3, -0.25) is 9.89 Å². The minimum Gasteiger partial charge on any atom is -0.381 e. The lowest BCUT2D eigenvalue weighted by atomic mass is 9.74. The van der Waals surface area contributed by atoms with Crippen LogP contribution in [0.25, 0.3) is 0 Å². The molecule has 1 atom stereocenters. The van der Waals surface area contributed by atoms with Gasteiger partial charge in [0.05, 0.1) is 6.04 Å². The summed E-state index contributed by atoms with van der Waals surface area (Å²) in [7, 11) is 1.86. The molecule has 2 fully saturated rings. The van der Waals surface area contributed by atoms with Crippen LogP contribution in [0.15, 0.2) is 65.7 Å². The van der Waals surface area contributed by atoms with Gasteiger partial charge in [-0.05, 0) is 49.9 Å². The van der Waals surface area contributed by atoms with Gasteiger partial charge in [0.1, 0.15) is 0 Å². The van der Waals surface area contributed by atoms with E-state index in [9.17, 15) is 0 Å². The minimum atomic E-state index is 0.0882. The Hall–Kier alpha value is -2.37. The largest absolute Gasteiger partial charge is 0.381 e. The standard InChI is InChI=1S/C26H36N4O/c1-27-25(28-20-24(30-16-8-9-17-30)22-10-4-2-5-11-22)29-21-26(14-18-31-19-15-26)23-12-6-3-7-13-23/h2-7,10-13,24H,8-9,14-21H2,1H3,(H2,27,28,29). The van der Waals surface area contributed by atoms with Crippen LogP contribution in [0.4, 0.5) is 0 Å². The number of nitrogens with one attached hydrogen (secondary N) is 2. The van der Waals surface area contributed by atoms with Crippen molar-refractivity contribution in [3.8, 4) is 0 Å². The van der Waals surface area contributed by atoms with E-state index in [0.29, 0.717) is 6.04 Å². The van der Waals surface area contributed by atoms with Gasteiger partial charge in [-0.15, -0.1) is 0 Å². The van der Waals surface area contributed by atoms with Crippen molar-refractivity contribution in [3.05, 3.63) is 71.8 Å². The molecule has 2 aromatic carbocycles. The highest BCUT2D eigenvalue weighted by Gasteiger charge is 2.34. The van der Waals surface area contributed by atoms with Crippen LogP contribution in [0.5, 0.6) is 0 Å². The first-order chi connectivity index (χ1) is 15.3. The van der Waals surface area contributed by atoms with Gasteiger partial charge in [-0.2, -0.15) is 0 Å². The van der Waals surface area contributed by atoms with Crippen LogP contribution < -0.4 is 10.6 Å². The van der Waals surface area contributed by atoms with Crippen molar-refractivity contribution in [1.82, 2.24) is 15.5 Å². The van der Waals surface area contributed by atoms with Crippen LogP contribution in [0.1, 0.15) is 42.9 Å². The molecule has 2 aliphatic rings. The second kappa shape index (κ2) is 10.8. The number of hydrogen-bond acceptors (Lipinski definition) is 3. The monoisotopic (exact) mass is 420 g/mol. The molecule has 2 aliphatic heterocycles. The summed E-state index contributed by atoms with van der Waals surface area (Å²) in [4.78, 5) is 7.13. The molecule has 2 aromatic rings. The highest BCUT2D eigenvalue weighted by atomic mass is 16.5. The SMILES string of the molecule is CN=C(NCC(c1ccccc1)N1CCCC1)NCC1(c2ccccc2)CCOCC1. The van der Waals surface area contributed by atoms with E-state index in [-0.39, 0.29) is 5.41 Å². The van der Waals surface area contributed by atoms with Crippen LogP contribution in [0, 0.1) is 0 Å². The lowest BCUT2D eigenvalue weighted by Crippen LogP contribution is -2.49. The molecule has 0 amide bonds. The maximum absolute atomic E-state index is 5.69. The Morgan fingerprint density at radius 2 is 1.61 bits per heavy atom. The first-order valence-electron chi connectivity index (χ1n) is 11.7. The van der Waals surface area contributed by atoms with Gasteiger partial charge in [0, 0.05) is 38.8 Å². The van der Waals surface area contributed by atoms with Crippen LogP contribution in [-0.2, 0) is 10.2 Å². The van der Waals surface area contributed by atoms with Crippen molar-refractivity contribution < 1.29 is 4.74 Å². The van der Waals surface area contributed by atoms with Gasteiger partial charge in [0.2, 0.25) is 0 Å². The Morgan fingerprint density at radius 1 is 0.968 bits per heavy atom. The summed E-state index contributed by atoms with van der Waals surface area (Å²) < 4.78 is 5.69. The third-order valence-corrected chi connectivity index (χ3v) is 6.88. The Balaban J connectivity index is 1.41. The van der Waals surface area contributed by atoms with E-state index in [2.05, 4.69) is 81.2 Å². The highest BCUT2D eigenvalue weighted by molar-refractivity contribution is 5.79. The molecule has 2 N–H and O–H groups in total. The van der Waals surface area contributed by atoms with Crippen molar-refractivity contribution in [2.24, 2.45) is 4.99 Å². The molecule has 0 bridgehead atoms. The summed E-state index contributed by atoms with van der Waals surface area (Å²) in [6, 6.07) is 22.1. The number of aliphatic imine (C=N–C) groups is 1. The van der Waals surface area contributed by atoms with Gasteiger partial charge >= 0.3 is 0 Å². The molecule has 1 unspecified atom stereocenters. The average Bonchev–Trinajstić information content (AvgIpc) is 3.38. The predicted molar refractivity (Wildman–Crippen MR) is 128 cm³/mol. The molecule has 0 spiro atoms. The molecule has 5 nitrogen and oxygen atoms in total. The van der Waals surface area contributed by atoms with E-state index in [1.165, 1.54) is 37.1 Å². The highest BCUT2D eigenvalue weighted by Crippen LogP contribution is 2.34. The topological polar surface area (TPSA) is 48.9 Å². The minimum absolute atomic E-state index is 0.0882. The summed E-state index contributed by atoms with van der Waals surface area (Å²) in [5.41, 5.74) is 2.85. The number of ether oxygens (including phenoxy) is 1. The fraction of sp³-hybridized carbons (Fsp3) is 0.500. The van der Waals surface area contributed by atoms with Crippen molar-refractivity contribution in [2.45, 2.75) is 37.1 Å². The molecule has 0 saturated carbocycles. The summed E-state index contributed by atoms with van der Waals surface area (Å²) in [5, 5.41) is 7.26. The lowest BCUT2D eigenvalue weighted by molar-refractivity contribution is 0.0513. The Morgan fingerprint density at radius 3 is 2.26 bits per heavy atom. The molecular weight excluding hydrogens is 384 g/mol. The fourth-order valence-electron chi connectivity index (χ4n) is 4.97. The van der Waals surface area contributed by atoms with Gasteiger partial charge in [-0.25, -0.2) is 0 Å². The maximum Gasteiger partial charge on any atom is 0.191 e. The van der Waals surface area contributed by atoms with Crippen LogP contribution in [0.2, 0.25) is 0 Å². The second-order valence-electron chi connectivity index (χ2n) is 8.73. The van der Waals surface area contributed by atoms with Crippen molar-refractivity contribution in [2.75, 3.05) is 46.4 Å². The zero-order valence-corrected chi connectivity index (χ0v) is 18.7. The number of guanidine groups is 1. The van der Waals surface area contributed by atoms with Crippen molar-refractivity contribution in [1.29, 1.82) is 0 Å². The lowest BCUT2D eigenvalue weighted by Gasteiger charge is -2.38. The summed E-state index contributed by atoms with van der Waals surface area (Å²) in [6.07, 6.45) is 4.64. The average molecular weight is 421 g/mol. The van der Waals surface area contributed by atoms with Crippen LogP contribution in [0.3, 0.4) is 0 Å². The van der Waals surface area contributed by atoms with Gasteiger partial charge in [-0.1, -0.05) is 60.7 Å². The molecule has 0 aromatic heterocycles. The Bertz CT molecular complexity index is 812. The van der Waals surface area contributed by atoms with Gasteiger partial charge in [0.15, 0.2) is 5.96 Å². The van der Waals surface area contributed by atoms with Gasteiger partial charge < -0.3 is 15.4 Å². The number of hydrogen-bond donors (Lipinski definition) is 2. The van der Waals surface area contributed by atoms with E-state index in [0.717, 1.165) is 45.1 Å². The molecule has 4 rings (SSSR count). The van der Waals surface area contributed by atoms with Crippen LogP contribution in [-0.4, -0.2) is 57.3 Å². The van der Waals surface area contributed by atoms with Crippen molar-refractivity contribution in [3.63, 3.8) is 0 Å². The third kappa shape index (κ3) is 5.46. The molecular formula is C26H36N4O. The molecule has 31 heavy (non-hydrogen) atoms. The molecule has 2 heterocycles. The first-order valence-corrected chi connectivity index (χ1v) is 11.7. The zero-order valence-electron chi connectivity index (χ0n) is 18.7. The van der Waals surface area contributed by atoms with E-state index in [1.54, 1.807) is 0 Å². The van der Waals surface area contributed by atoms with E-state index in [4.69, 9.17) is 4.74 Å². The Labute approximate surface area is 186 Å². The van der Waals surface area contributed by atoms with Crippen LogP contribution >= 0.6 is 0 Å². The molecule has 2 saturated heterocycles. The number of nitrogens with zero attached hydrogens (tertiary/aromatic N) is 2. The summed E-state index contributed by atoms with van der Waals surface area (Å²) in [6.45, 7) is 5.68. The predicted octanol–water partition coefficient (Wildman–Crippen LogP) is 3.74. The molecule has 5 heteroatoms. The number of benzene rings is 2. The summed E-state index contributed by atoms with van der Waals surface area (Å²) in [5.74, 6) is 0.877. The first kappa shape index (κ1) is 21.8. The van der Waals surface area contributed by atoms with E-state index in [1.807, 2.05) is 7.05 Å². The van der Waals surface area contributed by atoms with Crippen molar-refractivity contribution >= 4 is 5.96 Å². The fourth-order valence-corrected chi connectivity index (χ4v) is 4.97.